The van der Waals surface area contributed by atoms with Crippen molar-refractivity contribution in [3.63, 3.8) is 0 Å². The van der Waals surface area contributed by atoms with E-state index in [1.807, 2.05) is 18.2 Å². The molecular weight excluding hydrogens is 757 g/mol. The van der Waals surface area contributed by atoms with Crippen molar-refractivity contribution in [2.45, 2.75) is 0 Å². The van der Waals surface area contributed by atoms with Crippen LogP contribution in [0.5, 0.6) is 0 Å². The Bertz CT molecular complexity index is 3940. The van der Waals surface area contributed by atoms with Crippen molar-refractivity contribution >= 4 is 76.1 Å². The van der Waals surface area contributed by atoms with E-state index in [-0.39, 0.29) is 0 Å². The molecule has 13 aromatic rings. The van der Waals surface area contributed by atoms with Gasteiger partial charge in [0, 0.05) is 44.3 Å². The van der Waals surface area contributed by atoms with Crippen molar-refractivity contribution in [1.82, 2.24) is 19.5 Å². The zero-order chi connectivity index (χ0) is 40.7. The first-order valence-electron chi connectivity index (χ1n) is 20.9. The molecule has 0 aliphatic heterocycles. The molecule has 288 valence electrons. The van der Waals surface area contributed by atoms with E-state index in [0.29, 0.717) is 17.5 Å². The molecule has 0 amide bonds. The van der Waals surface area contributed by atoms with E-state index in [2.05, 4.69) is 193 Å². The molecule has 5 heteroatoms. The van der Waals surface area contributed by atoms with Crippen LogP contribution in [0.2, 0.25) is 0 Å². The highest BCUT2D eigenvalue weighted by Gasteiger charge is 2.23. The van der Waals surface area contributed by atoms with Crippen LogP contribution in [0.25, 0.3) is 127 Å². The molecule has 0 aliphatic carbocycles. The minimum Gasteiger partial charge on any atom is -0.456 e. The van der Waals surface area contributed by atoms with Gasteiger partial charge in [-0.2, -0.15) is 0 Å². The fraction of sp³-hybridized carbons (Fsp3) is 0. The molecule has 0 fully saturated rings. The maximum absolute atomic E-state index is 6.76. The Hall–Kier alpha value is -8.41. The zero-order valence-electron chi connectivity index (χ0n) is 33.3. The fourth-order valence-electron chi connectivity index (χ4n) is 9.53. The zero-order valence-corrected chi connectivity index (χ0v) is 33.3. The summed E-state index contributed by atoms with van der Waals surface area (Å²) in [5.41, 5.74) is 9.68. The summed E-state index contributed by atoms with van der Waals surface area (Å²) in [7, 11) is 0. The number of para-hydroxylation sites is 2. The first kappa shape index (κ1) is 34.5. The molecule has 3 aromatic heterocycles. The van der Waals surface area contributed by atoms with E-state index in [9.17, 15) is 0 Å². The summed E-state index contributed by atoms with van der Waals surface area (Å²) in [6.07, 6.45) is 0. The molecule has 10 aromatic carbocycles. The van der Waals surface area contributed by atoms with Gasteiger partial charge in [0.1, 0.15) is 11.2 Å². The van der Waals surface area contributed by atoms with Crippen LogP contribution in [0.3, 0.4) is 0 Å². The number of benzene rings is 10. The van der Waals surface area contributed by atoms with Gasteiger partial charge < -0.3 is 8.98 Å². The van der Waals surface area contributed by atoms with Crippen molar-refractivity contribution in [2.75, 3.05) is 0 Å². The highest BCUT2D eigenvalue weighted by Crippen LogP contribution is 2.42. The van der Waals surface area contributed by atoms with Gasteiger partial charge in [0.15, 0.2) is 17.5 Å². The van der Waals surface area contributed by atoms with E-state index < -0.39 is 0 Å². The lowest BCUT2D eigenvalue weighted by Crippen LogP contribution is -2.02. The molecule has 0 atom stereocenters. The second kappa shape index (κ2) is 13.6. The van der Waals surface area contributed by atoms with Gasteiger partial charge in [-0.15, -0.1) is 0 Å². The fourth-order valence-corrected chi connectivity index (χ4v) is 9.53. The Morgan fingerprint density at radius 1 is 0.323 bits per heavy atom. The lowest BCUT2D eigenvalue weighted by atomic mass is 9.96. The highest BCUT2D eigenvalue weighted by atomic mass is 16.3. The molecule has 0 bridgehead atoms. The first-order valence-corrected chi connectivity index (χ1v) is 20.9. The topological polar surface area (TPSA) is 56.7 Å². The minimum absolute atomic E-state index is 0.567. The Morgan fingerprint density at radius 3 is 1.77 bits per heavy atom. The van der Waals surface area contributed by atoms with Crippen molar-refractivity contribution in [2.24, 2.45) is 0 Å². The van der Waals surface area contributed by atoms with Gasteiger partial charge in [-0.1, -0.05) is 158 Å². The summed E-state index contributed by atoms with van der Waals surface area (Å²) in [5.74, 6) is 1.76. The minimum atomic E-state index is 0.567. The van der Waals surface area contributed by atoms with Gasteiger partial charge in [-0.25, -0.2) is 15.0 Å². The Labute approximate surface area is 355 Å². The SMILES string of the molecule is c1ccc(-c2cccc(-c3nc(-c4cc5ccccc5c5ccccc45)nc(-c4cc(-n5c6ccccc6c6cc7ccccc7cc65)cc5oc6ccccc6c45)n3)c2)cc1. The number of hydrogen-bond acceptors (Lipinski definition) is 4. The molecule has 0 spiro atoms. The summed E-state index contributed by atoms with van der Waals surface area (Å²) in [4.78, 5) is 16.3. The van der Waals surface area contributed by atoms with Gasteiger partial charge in [0.25, 0.3) is 0 Å². The number of rotatable bonds is 5. The van der Waals surface area contributed by atoms with Crippen LogP contribution in [0.15, 0.2) is 211 Å². The van der Waals surface area contributed by atoms with Crippen LogP contribution in [-0.4, -0.2) is 19.5 Å². The summed E-state index contributed by atoms with van der Waals surface area (Å²) in [6.45, 7) is 0. The van der Waals surface area contributed by atoms with E-state index in [1.54, 1.807) is 0 Å². The molecule has 0 radical (unpaired) electrons. The molecule has 5 nitrogen and oxygen atoms in total. The standard InChI is InChI=1S/C57H34N4O/c1-2-15-35(16-3-1)36-20-14-21-40(29-36)55-58-56(48-31-39-19-6-7-22-42(39)43-23-8-9-24-44(43)48)60-57(59-55)49-33-41(34-53-54(49)46-26-11-13-28-52(46)62-53)61-50-27-12-10-25-45(50)47-30-37-17-4-5-18-38(37)32-51(47)61/h1-34H. The predicted octanol–water partition coefficient (Wildman–Crippen LogP) is 15.0. The number of fused-ring (bicyclic) bond motifs is 10. The molecule has 62 heavy (non-hydrogen) atoms. The monoisotopic (exact) mass is 790 g/mol. The van der Waals surface area contributed by atoms with Gasteiger partial charge in [-0.05, 0) is 85.9 Å². The molecule has 0 unspecified atom stereocenters. The van der Waals surface area contributed by atoms with Crippen LogP contribution in [0, 0.1) is 0 Å². The average Bonchev–Trinajstić information content (AvgIpc) is 3.88. The quantitative estimate of drug-likeness (QED) is 0.163. The van der Waals surface area contributed by atoms with Crippen molar-refractivity contribution in [3.05, 3.63) is 206 Å². The second-order valence-electron chi connectivity index (χ2n) is 16.0. The lowest BCUT2D eigenvalue weighted by molar-refractivity contribution is 0.668. The Morgan fingerprint density at radius 2 is 0.935 bits per heavy atom. The van der Waals surface area contributed by atoms with Gasteiger partial charge >= 0.3 is 0 Å². The molecule has 0 saturated heterocycles. The summed E-state index contributed by atoms with van der Waals surface area (Å²) in [6, 6.07) is 72.7. The summed E-state index contributed by atoms with van der Waals surface area (Å²) < 4.78 is 9.12. The van der Waals surface area contributed by atoms with E-state index in [1.165, 1.54) is 26.9 Å². The normalized spacial score (nSPS) is 11.9. The Kier molecular flexibility index (Phi) is 7.54. The third-order valence-electron chi connectivity index (χ3n) is 12.4. The molecule has 0 aliphatic rings. The molecule has 0 N–H and O–H groups in total. The first-order chi connectivity index (χ1) is 30.7. The maximum atomic E-state index is 6.76. The van der Waals surface area contributed by atoms with Crippen molar-refractivity contribution in [3.8, 4) is 51.0 Å². The smallest absolute Gasteiger partial charge is 0.164 e. The van der Waals surface area contributed by atoms with Gasteiger partial charge in [0.05, 0.1) is 16.7 Å². The number of furan rings is 1. The van der Waals surface area contributed by atoms with Gasteiger partial charge in [0.2, 0.25) is 0 Å². The van der Waals surface area contributed by atoms with Crippen LogP contribution in [0.1, 0.15) is 0 Å². The lowest BCUT2D eigenvalue weighted by Gasteiger charge is -2.14. The predicted molar refractivity (Wildman–Crippen MR) is 256 cm³/mol. The molecule has 3 heterocycles. The van der Waals surface area contributed by atoms with Crippen LogP contribution in [-0.2, 0) is 0 Å². The van der Waals surface area contributed by atoms with Crippen LogP contribution in [0.4, 0.5) is 0 Å². The van der Waals surface area contributed by atoms with E-state index >= 15 is 0 Å². The third-order valence-corrected chi connectivity index (χ3v) is 12.4. The maximum Gasteiger partial charge on any atom is 0.164 e. The third kappa shape index (κ3) is 5.38. The van der Waals surface area contributed by atoms with Crippen LogP contribution < -0.4 is 0 Å². The number of nitrogens with zero attached hydrogens (tertiary/aromatic N) is 4. The molecular formula is C57H34N4O. The van der Waals surface area contributed by atoms with Crippen molar-refractivity contribution in [1.29, 1.82) is 0 Å². The van der Waals surface area contributed by atoms with Crippen molar-refractivity contribution < 1.29 is 4.42 Å². The van der Waals surface area contributed by atoms with E-state index in [0.717, 1.165) is 82.6 Å². The Balaban J connectivity index is 1.13. The second-order valence-corrected chi connectivity index (χ2v) is 16.0. The molecule has 13 rings (SSSR count). The van der Waals surface area contributed by atoms with Crippen LogP contribution >= 0.6 is 0 Å². The summed E-state index contributed by atoms with van der Waals surface area (Å²) in [5, 5.41) is 11.3. The molecule has 0 saturated carbocycles. The number of hydrogen-bond donors (Lipinski definition) is 0. The highest BCUT2D eigenvalue weighted by molar-refractivity contribution is 6.16. The average molecular weight is 791 g/mol. The summed E-state index contributed by atoms with van der Waals surface area (Å²) >= 11 is 0. The van der Waals surface area contributed by atoms with E-state index in [4.69, 9.17) is 19.4 Å². The number of aromatic nitrogens is 4. The van der Waals surface area contributed by atoms with Gasteiger partial charge in [-0.3, -0.25) is 0 Å². The largest absolute Gasteiger partial charge is 0.456 e.